The van der Waals surface area contributed by atoms with Crippen LogP contribution in [0.4, 0.5) is 0 Å². The summed E-state index contributed by atoms with van der Waals surface area (Å²) >= 11 is 0. The van der Waals surface area contributed by atoms with E-state index in [1.54, 1.807) is 30.3 Å². The van der Waals surface area contributed by atoms with E-state index in [-0.39, 0.29) is 25.0 Å². The van der Waals surface area contributed by atoms with Gasteiger partial charge in [-0.15, -0.1) is 0 Å². The van der Waals surface area contributed by atoms with Gasteiger partial charge in [-0.05, 0) is 31.7 Å². The number of carbonyl (C=O) groups is 7. The Morgan fingerprint density at radius 1 is 0.744 bits per heavy atom. The zero-order valence-electron chi connectivity index (χ0n) is 21.5. The molecule has 0 spiro atoms. The van der Waals surface area contributed by atoms with Crippen molar-refractivity contribution in [2.75, 3.05) is 6.61 Å². The highest BCUT2D eigenvalue weighted by atomic mass is 16.4. The van der Waals surface area contributed by atoms with Gasteiger partial charge in [0.1, 0.15) is 11.8 Å². The molecule has 2 amide bonds. The second kappa shape index (κ2) is 16.7. The fourth-order valence-corrected chi connectivity index (χ4v) is 3.81. The molecule has 4 atom stereocenters. The SMILES string of the molecule is CC(=O)C[C@@H](Cc1ccccc1)C(=O)N[C@@H](CCC(=O)O)C(=O)C[C@@H](CO)C(=O)N[C@@H](CCC(=O)O)C(=O)O. The van der Waals surface area contributed by atoms with Crippen LogP contribution in [0.15, 0.2) is 30.3 Å². The van der Waals surface area contributed by atoms with E-state index >= 15 is 0 Å². The third-order valence-electron chi connectivity index (χ3n) is 5.88. The molecule has 0 unspecified atom stereocenters. The number of ketones is 2. The van der Waals surface area contributed by atoms with Gasteiger partial charge in [0, 0.05) is 31.6 Å². The van der Waals surface area contributed by atoms with Crippen LogP contribution in [0.1, 0.15) is 51.0 Å². The van der Waals surface area contributed by atoms with Gasteiger partial charge >= 0.3 is 17.9 Å². The van der Waals surface area contributed by atoms with Crippen LogP contribution in [0.3, 0.4) is 0 Å². The first-order valence-corrected chi connectivity index (χ1v) is 12.3. The number of nitrogens with one attached hydrogen (secondary N) is 2. The summed E-state index contributed by atoms with van der Waals surface area (Å²) in [6.45, 7) is 0.438. The van der Waals surface area contributed by atoms with E-state index in [1.165, 1.54) is 6.92 Å². The number of aliphatic carboxylic acids is 3. The Hall–Kier alpha value is -4.13. The van der Waals surface area contributed by atoms with E-state index < -0.39 is 91.7 Å². The summed E-state index contributed by atoms with van der Waals surface area (Å²) in [6.07, 6.45) is -2.41. The number of rotatable bonds is 19. The number of Topliss-reactive ketones (excluding diaryl/α,β-unsaturated/α-hetero) is 2. The highest BCUT2D eigenvalue weighted by molar-refractivity contribution is 5.95. The molecular formula is C26H34N2O11. The molecule has 0 aliphatic carbocycles. The quantitative estimate of drug-likeness (QED) is 0.136. The second-order valence-electron chi connectivity index (χ2n) is 9.17. The molecule has 13 heteroatoms. The average molecular weight is 551 g/mol. The minimum absolute atomic E-state index is 0.130. The normalized spacial score (nSPS) is 13.8. The first kappa shape index (κ1) is 32.9. The maximum atomic E-state index is 13.1. The molecule has 39 heavy (non-hydrogen) atoms. The van der Waals surface area contributed by atoms with Crippen molar-refractivity contribution in [1.29, 1.82) is 0 Å². The Labute approximate surface area is 224 Å². The van der Waals surface area contributed by atoms with Crippen LogP contribution in [0.25, 0.3) is 0 Å². The molecule has 1 rings (SSSR count). The smallest absolute Gasteiger partial charge is 0.326 e. The van der Waals surface area contributed by atoms with Crippen LogP contribution in [0.2, 0.25) is 0 Å². The van der Waals surface area contributed by atoms with Gasteiger partial charge in [-0.3, -0.25) is 24.0 Å². The lowest BCUT2D eigenvalue weighted by Crippen LogP contribution is -2.48. The molecule has 13 nitrogen and oxygen atoms in total. The topological polar surface area (TPSA) is 224 Å². The molecule has 6 N–H and O–H groups in total. The van der Waals surface area contributed by atoms with E-state index in [0.717, 1.165) is 5.56 Å². The summed E-state index contributed by atoms with van der Waals surface area (Å²) in [7, 11) is 0. The Balaban J connectivity index is 3.02. The van der Waals surface area contributed by atoms with Gasteiger partial charge in [-0.1, -0.05) is 30.3 Å². The number of aliphatic hydroxyl groups is 1. The van der Waals surface area contributed by atoms with Gasteiger partial charge in [-0.25, -0.2) is 4.79 Å². The maximum Gasteiger partial charge on any atom is 0.326 e. The lowest BCUT2D eigenvalue weighted by atomic mass is 9.91. The predicted molar refractivity (Wildman–Crippen MR) is 134 cm³/mol. The van der Waals surface area contributed by atoms with Gasteiger partial charge in [0.05, 0.1) is 18.6 Å². The molecule has 0 radical (unpaired) electrons. The minimum Gasteiger partial charge on any atom is -0.481 e. The third-order valence-corrected chi connectivity index (χ3v) is 5.88. The van der Waals surface area contributed by atoms with Crippen molar-refractivity contribution in [1.82, 2.24) is 10.6 Å². The Bertz CT molecular complexity index is 1040. The Morgan fingerprint density at radius 2 is 1.26 bits per heavy atom. The first-order chi connectivity index (χ1) is 18.3. The lowest BCUT2D eigenvalue weighted by Gasteiger charge is -2.23. The molecule has 0 aliphatic rings. The number of carboxylic acids is 3. The highest BCUT2D eigenvalue weighted by Gasteiger charge is 2.32. The van der Waals surface area contributed by atoms with Crippen LogP contribution >= 0.6 is 0 Å². The summed E-state index contributed by atoms with van der Waals surface area (Å²) < 4.78 is 0. The second-order valence-corrected chi connectivity index (χ2v) is 9.17. The summed E-state index contributed by atoms with van der Waals surface area (Å²) in [6, 6.07) is 5.89. The highest BCUT2D eigenvalue weighted by Crippen LogP contribution is 2.16. The fourth-order valence-electron chi connectivity index (χ4n) is 3.81. The Morgan fingerprint density at radius 3 is 1.74 bits per heavy atom. The standard InChI is InChI=1S/C26H34N2O11/c1-15(30)11-17(12-16-5-3-2-4-6-16)24(36)27-19(7-9-22(32)33)21(31)13-18(14-29)25(37)28-20(26(38)39)8-10-23(34)35/h2-6,17-20,29H,7-14H2,1H3,(H,27,36)(H,28,37)(H,32,33)(H,34,35)(H,38,39)/t17-,18-,19-,20-/m0/s1. The molecule has 0 saturated heterocycles. The van der Waals surface area contributed by atoms with Gasteiger partial charge in [0.15, 0.2) is 5.78 Å². The predicted octanol–water partition coefficient (Wildman–Crippen LogP) is 0.176. The zero-order chi connectivity index (χ0) is 29.5. The van der Waals surface area contributed by atoms with Crippen LogP contribution < -0.4 is 10.6 Å². The van der Waals surface area contributed by atoms with E-state index in [4.69, 9.17) is 10.2 Å². The molecular weight excluding hydrogens is 516 g/mol. The molecule has 1 aromatic carbocycles. The number of hydrogen-bond acceptors (Lipinski definition) is 8. The summed E-state index contributed by atoms with van der Waals surface area (Å²) in [5, 5.41) is 41.3. The molecule has 214 valence electrons. The van der Waals surface area contributed by atoms with E-state index in [1.807, 2.05) is 0 Å². The molecule has 0 saturated carbocycles. The van der Waals surface area contributed by atoms with Gasteiger partial charge in [0.2, 0.25) is 11.8 Å². The zero-order valence-corrected chi connectivity index (χ0v) is 21.5. The van der Waals surface area contributed by atoms with Crippen molar-refractivity contribution in [2.24, 2.45) is 11.8 Å². The number of carbonyl (C=O) groups excluding carboxylic acids is 4. The van der Waals surface area contributed by atoms with Crippen molar-refractivity contribution < 1.29 is 54.0 Å². The largest absolute Gasteiger partial charge is 0.481 e. The average Bonchev–Trinajstić information content (AvgIpc) is 2.86. The van der Waals surface area contributed by atoms with Crippen molar-refractivity contribution in [3.8, 4) is 0 Å². The van der Waals surface area contributed by atoms with Crippen molar-refractivity contribution >= 4 is 41.3 Å². The van der Waals surface area contributed by atoms with E-state index in [2.05, 4.69) is 10.6 Å². The number of aliphatic hydroxyl groups excluding tert-OH is 1. The number of benzene rings is 1. The molecule has 1 aromatic rings. The van der Waals surface area contributed by atoms with Crippen LogP contribution in [0.5, 0.6) is 0 Å². The van der Waals surface area contributed by atoms with E-state index in [9.17, 15) is 43.8 Å². The van der Waals surface area contributed by atoms with Crippen LogP contribution in [-0.2, 0) is 40.0 Å². The molecule has 0 aromatic heterocycles. The fraction of sp³-hybridized carbons (Fsp3) is 0.500. The van der Waals surface area contributed by atoms with Crippen molar-refractivity contribution in [2.45, 2.75) is 64.0 Å². The monoisotopic (exact) mass is 550 g/mol. The van der Waals surface area contributed by atoms with Crippen LogP contribution in [-0.4, -0.2) is 80.4 Å². The minimum atomic E-state index is -1.58. The lowest BCUT2D eigenvalue weighted by molar-refractivity contribution is -0.144. The number of amides is 2. The van der Waals surface area contributed by atoms with Crippen molar-refractivity contribution in [3.63, 3.8) is 0 Å². The summed E-state index contributed by atoms with van der Waals surface area (Å²) in [5.74, 6) is -9.06. The molecule has 0 bridgehead atoms. The number of carboxylic acid groups (broad SMARTS) is 3. The summed E-state index contributed by atoms with van der Waals surface area (Å²) in [5.41, 5.74) is 0.764. The first-order valence-electron chi connectivity index (χ1n) is 12.3. The van der Waals surface area contributed by atoms with Crippen molar-refractivity contribution in [3.05, 3.63) is 35.9 Å². The third kappa shape index (κ3) is 12.8. The molecule has 0 fully saturated rings. The van der Waals surface area contributed by atoms with Gasteiger partial charge < -0.3 is 35.9 Å². The van der Waals surface area contributed by atoms with E-state index in [0.29, 0.717) is 0 Å². The maximum absolute atomic E-state index is 13.1. The van der Waals surface area contributed by atoms with Gasteiger partial charge in [0.25, 0.3) is 0 Å². The molecule has 0 heterocycles. The molecule has 0 aliphatic heterocycles. The Kier molecular flexibility index (Phi) is 14.1. The van der Waals surface area contributed by atoms with Gasteiger partial charge in [-0.2, -0.15) is 0 Å². The summed E-state index contributed by atoms with van der Waals surface area (Å²) in [4.78, 5) is 83.7. The number of hydrogen-bond donors (Lipinski definition) is 6. The van der Waals surface area contributed by atoms with Crippen LogP contribution in [0, 0.1) is 11.8 Å².